The third-order valence-electron chi connectivity index (χ3n) is 6.71. The minimum atomic E-state index is -0.685. The number of amidine groups is 2. The topological polar surface area (TPSA) is 138 Å². The molecule has 37 heavy (non-hydrogen) atoms. The maximum absolute atomic E-state index is 14.0. The summed E-state index contributed by atoms with van der Waals surface area (Å²) in [6, 6.07) is 14.8. The lowest BCUT2D eigenvalue weighted by Crippen LogP contribution is -2.56. The van der Waals surface area contributed by atoms with E-state index in [4.69, 9.17) is 15.9 Å². The first-order chi connectivity index (χ1) is 17.9. The molecule has 2 aliphatic rings. The quantitative estimate of drug-likeness (QED) is 0.260. The Hall–Kier alpha value is -4.31. The van der Waals surface area contributed by atoms with Gasteiger partial charge in [0.1, 0.15) is 12.4 Å². The molecule has 0 saturated carbocycles. The van der Waals surface area contributed by atoms with Gasteiger partial charge < -0.3 is 26.4 Å². The van der Waals surface area contributed by atoms with Crippen molar-refractivity contribution < 1.29 is 13.9 Å². The first-order valence-corrected chi connectivity index (χ1v) is 12.1. The molecule has 3 heterocycles. The summed E-state index contributed by atoms with van der Waals surface area (Å²) in [5.74, 6) is -0.183. The van der Waals surface area contributed by atoms with Crippen molar-refractivity contribution in [2.45, 2.75) is 24.4 Å². The summed E-state index contributed by atoms with van der Waals surface area (Å²) in [5, 5.41) is 18.2. The predicted molar refractivity (Wildman–Crippen MR) is 140 cm³/mol. The first-order valence-electron chi connectivity index (χ1n) is 12.1. The van der Waals surface area contributed by atoms with Crippen molar-refractivity contribution in [3.8, 4) is 5.75 Å². The van der Waals surface area contributed by atoms with Crippen LogP contribution < -0.4 is 26.4 Å². The summed E-state index contributed by atoms with van der Waals surface area (Å²) >= 11 is 0. The van der Waals surface area contributed by atoms with E-state index in [1.54, 1.807) is 54.9 Å². The molecule has 0 radical (unpaired) electrons. The fourth-order valence-electron chi connectivity index (χ4n) is 4.68. The number of halogens is 1. The SMILES string of the molecule is N=C(N=C(N)C1(Nc2cccc(C(=O)NC3COc4c(F)cccc43)c2)CCNCC1)c1ccncc1. The third kappa shape index (κ3) is 5.14. The molecule has 5 rings (SSSR count). The summed E-state index contributed by atoms with van der Waals surface area (Å²) < 4.78 is 19.4. The molecule has 6 N–H and O–H groups in total. The van der Waals surface area contributed by atoms with E-state index in [1.807, 2.05) is 6.07 Å². The molecule has 1 atom stereocenters. The van der Waals surface area contributed by atoms with Gasteiger partial charge in [-0.15, -0.1) is 0 Å². The summed E-state index contributed by atoms with van der Waals surface area (Å²) in [7, 11) is 0. The van der Waals surface area contributed by atoms with Gasteiger partial charge in [-0.2, -0.15) is 0 Å². The van der Waals surface area contributed by atoms with Crippen molar-refractivity contribution in [1.29, 1.82) is 5.41 Å². The highest BCUT2D eigenvalue weighted by atomic mass is 19.1. The maximum atomic E-state index is 14.0. The molecular formula is C27H28FN7O2. The van der Waals surface area contributed by atoms with Crippen molar-refractivity contribution >= 4 is 23.3 Å². The lowest BCUT2D eigenvalue weighted by Gasteiger charge is -2.38. The van der Waals surface area contributed by atoms with E-state index in [2.05, 4.69) is 25.9 Å². The number of carbonyl (C=O) groups is 1. The summed E-state index contributed by atoms with van der Waals surface area (Å²) in [6.07, 6.45) is 4.53. The average Bonchev–Trinajstić information content (AvgIpc) is 3.33. The second kappa shape index (κ2) is 10.4. The molecule has 0 bridgehead atoms. The number of pyridine rings is 1. The van der Waals surface area contributed by atoms with Gasteiger partial charge in [0.25, 0.3) is 5.91 Å². The molecule has 9 nitrogen and oxygen atoms in total. The highest BCUT2D eigenvalue weighted by Gasteiger charge is 2.36. The van der Waals surface area contributed by atoms with E-state index in [-0.39, 0.29) is 24.1 Å². The molecule has 2 aliphatic heterocycles. The number of benzene rings is 2. The minimum absolute atomic E-state index is 0.0586. The second-order valence-corrected chi connectivity index (χ2v) is 9.11. The number of nitrogens with two attached hydrogens (primary N) is 1. The van der Waals surface area contributed by atoms with Crippen LogP contribution in [-0.2, 0) is 0 Å². The van der Waals surface area contributed by atoms with Gasteiger partial charge in [-0.05, 0) is 62.3 Å². The maximum Gasteiger partial charge on any atom is 0.251 e. The number of fused-ring (bicyclic) bond motifs is 1. The molecule has 1 amide bonds. The van der Waals surface area contributed by atoms with Gasteiger partial charge >= 0.3 is 0 Å². The van der Waals surface area contributed by atoms with Crippen molar-refractivity contribution in [3.63, 3.8) is 0 Å². The summed E-state index contributed by atoms with van der Waals surface area (Å²) in [5.41, 5.74) is 8.22. The number of nitrogens with one attached hydrogen (secondary N) is 4. The molecule has 2 aromatic carbocycles. The van der Waals surface area contributed by atoms with Crippen LogP contribution in [0.3, 0.4) is 0 Å². The molecule has 1 unspecified atom stereocenters. The van der Waals surface area contributed by atoms with E-state index >= 15 is 0 Å². The number of piperidine rings is 1. The van der Waals surface area contributed by atoms with Crippen LogP contribution in [0, 0.1) is 11.2 Å². The molecule has 10 heteroatoms. The Labute approximate surface area is 213 Å². The highest BCUT2D eigenvalue weighted by Crippen LogP contribution is 2.34. The van der Waals surface area contributed by atoms with Crippen LogP contribution in [-0.4, -0.2) is 47.8 Å². The number of anilines is 1. The number of ether oxygens (including phenoxy) is 1. The molecule has 190 valence electrons. The molecule has 1 fully saturated rings. The first kappa shape index (κ1) is 24.4. The standard InChI is InChI=1S/C27H28FN7O2/c28-21-6-2-5-20-22(16-37-23(20)21)33-25(36)18-3-1-4-19(15-18)35-27(9-13-32-14-10-27)26(30)34-24(29)17-7-11-31-12-8-17/h1-8,11-12,15,22,32,35H,9-10,13-14,16H2,(H,33,36)(H3,29,30,34). The van der Waals surface area contributed by atoms with Gasteiger partial charge in [0.2, 0.25) is 0 Å². The van der Waals surface area contributed by atoms with Crippen LogP contribution in [0.2, 0.25) is 0 Å². The largest absolute Gasteiger partial charge is 0.488 e. The predicted octanol–water partition coefficient (Wildman–Crippen LogP) is 3.00. The molecule has 0 aliphatic carbocycles. The Kier molecular flexibility index (Phi) is 6.82. The molecule has 1 aromatic heterocycles. The number of aromatic nitrogens is 1. The molecule has 1 saturated heterocycles. The van der Waals surface area contributed by atoms with Gasteiger partial charge in [0.05, 0.1) is 11.6 Å². The number of hydrogen-bond acceptors (Lipinski definition) is 6. The number of rotatable bonds is 6. The van der Waals surface area contributed by atoms with E-state index < -0.39 is 17.4 Å². The molecular weight excluding hydrogens is 473 g/mol. The second-order valence-electron chi connectivity index (χ2n) is 9.11. The lowest BCUT2D eigenvalue weighted by molar-refractivity contribution is 0.0930. The number of nitrogens with zero attached hydrogens (tertiary/aromatic N) is 2. The molecule has 3 aromatic rings. The highest BCUT2D eigenvalue weighted by molar-refractivity contribution is 6.07. The van der Waals surface area contributed by atoms with E-state index in [9.17, 15) is 9.18 Å². The van der Waals surface area contributed by atoms with E-state index in [0.29, 0.717) is 41.1 Å². The average molecular weight is 502 g/mol. The van der Waals surface area contributed by atoms with E-state index in [1.165, 1.54) is 6.07 Å². The van der Waals surface area contributed by atoms with Gasteiger partial charge in [-0.25, -0.2) is 9.38 Å². The van der Waals surface area contributed by atoms with Crippen LogP contribution in [0.4, 0.5) is 10.1 Å². The van der Waals surface area contributed by atoms with Crippen molar-refractivity contribution in [2.75, 3.05) is 25.0 Å². The van der Waals surface area contributed by atoms with Crippen molar-refractivity contribution in [2.24, 2.45) is 10.7 Å². The van der Waals surface area contributed by atoms with Crippen LogP contribution in [0.1, 0.15) is 40.4 Å². The zero-order valence-electron chi connectivity index (χ0n) is 20.1. The Morgan fingerprint density at radius 2 is 1.89 bits per heavy atom. The Bertz CT molecular complexity index is 1340. The van der Waals surface area contributed by atoms with Crippen LogP contribution in [0.25, 0.3) is 0 Å². The Morgan fingerprint density at radius 3 is 2.68 bits per heavy atom. The summed E-state index contributed by atoms with van der Waals surface area (Å²) in [4.78, 5) is 21.5. The van der Waals surface area contributed by atoms with Gasteiger partial charge in [-0.3, -0.25) is 15.2 Å². The summed E-state index contributed by atoms with van der Waals surface area (Å²) in [6.45, 7) is 1.62. The van der Waals surface area contributed by atoms with Gasteiger partial charge in [0.15, 0.2) is 17.4 Å². The minimum Gasteiger partial charge on any atom is -0.488 e. The fourth-order valence-corrected chi connectivity index (χ4v) is 4.68. The Balaban J connectivity index is 1.35. The fraction of sp³-hybridized carbons (Fsp3) is 0.259. The van der Waals surface area contributed by atoms with Gasteiger partial charge in [0, 0.05) is 34.8 Å². The number of amides is 1. The number of para-hydroxylation sites is 1. The Morgan fingerprint density at radius 1 is 1.14 bits per heavy atom. The van der Waals surface area contributed by atoms with Crippen LogP contribution in [0.15, 0.2) is 72.0 Å². The van der Waals surface area contributed by atoms with Crippen molar-refractivity contribution in [1.82, 2.24) is 15.6 Å². The smallest absolute Gasteiger partial charge is 0.251 e. The molecule has 0 spiro atoms. The van der Waals surface area contributed by atoms with Gasteiger partial charge in [-0.1, -0.05) is 18.2 Å². The zero-order chi connectivity index (χ0) is 25.8. The third-order valence-corrected chi connectivity index (χ3v) is 6.71. The monoisotopic (exact) mass is 501 g/mol. The lowest BCUT2D eigenvalue weighted by atomic mass is 9.86. The van der Waals surface area contributed by atoms with Crippen molar-refractivity contribution in [3.05, 3.63) is 89.5 Å². The number of aliphatic imine (C=N–C) groups is 1. The van der Waals surface area contributed by atoms with Crippen LogP contribution >= 0.6 is 0 Å². The normalized spacial score (nSPS) is 18.4. The number of carbonyl (C=O) groups excluding carboxylic acids is 1. The number of hydrogen-bond donors (Lipinski definition) is 5. The van der Waals surface area contributed by atoms with E-state index in [0.717, 1.165) is 13.1 Å². The zero-order valence-corrected chi connectivity index (χ0v) is 20.1. The van der Waals surface area contributed by atoms with Crippen LogP contribution in [0.5, 0.6) is 5.75 Å².